The molecule has 5 nitrogen and oxygen atoms in total. The van der Waals surface area contributed by atoms with E-state index >= 15 is 0 Å². The molecule has 0 N–H and O–H groups in total. The van der Waals surface area contributed by atoms with Crippen molar-refractivity contribution >= 4 is 23.4 Å². The summed E-state index contributed by atoms with van der Waals surface area (Å²) >= 11 is 5.99. The number of carbonyl (C=O) groups excluding carboxylic acids is 1. The van der Waals surface area contributed by atoms with Crippen LogP contribution in [0.3, 0.4) is 0 Å². The van der Waals surface area contributed by atoms with E-state index in [1.54, 1.807) is 4.90 Å². The standard InChI is InChI=1S/C27H27ClN2O3/c1-19(30-18-26(33-27(30)31)22-9-11-24(28)12-10-22)20-5-7-21(8-6-20)23-3-2-4-25(17-23)29-13-15-32-16-14-29/h2-12,17,19,26H,13-16,18H2,1H3/t19?,26-/m0/s1. The minimum absolute atomic E-state index is 0.0801. The van der Waals surface area contributed by atoms with Crippen LogP contribution in [0.1, 0.15) is 30.2 Å². The molecule has 3 aromatic rings. The van der Waals surface area contributed by atoms with Crippen LogP contribution in [0, 0.1) is 0 Å². The van der Waals surface area contributed by atoms with E-state index in [9.17, 15) is 4.79 Å². The van der Waals surface area contributed by atoms with E-state index in [2.05, 4.69) is 53.4 Å². The molecule has 2 heterocycles. The molecule has 1 amide bonds. The molecule has 0 bridgehead atoms. The highest BCUT2D eigenvalue weighted by atomic mass is 35.5. The maximum absolute atomic E-state index is 12.6. The van der Waals surface area contributed by atoms with Gasteiger partial charge in [-0.3, -0.25) is 4.90 Å². The van der Waals surface area contributed by atoms with Gasteiger partial charge < -0.3 is 14.4 Å². The van der Waals surface area contributed by atoms with E-state index in [0.29, 0.717) is 11.6 Å². The van der Waals surface area contributed by atoms with E-state index in [4.69, 9.17) is 21.1 Å². The monoisotopic (exact) mass is 462 g/mol. The van der Waals surface area contributed by atoms with Crippen molar-refractivity contribution in [1.29, 1.82) is 0 Å². The molecule has 0 spiro atoms. The fourth-order valence-corrected chi connectivity index (χ4v) is 4.61. The quantitative estimate of drug-likeness (QED) is 0.459. The number of nitrogens with zero attached hydrogens (tertiary/aromatic N) is 2. The summed E-state index contributed by atoms with van der Waals surface area (Å²) in [6.45, 7) is 5.94. The van der Waals surface area contributed by atoms with Crippen LogP contribution in [0.15, 0.2) is 72.8 Å². The Morgan fingerprint density at radius 3 is 2.39 bits per heavy atom. The smallest absolute Gasteiger partial charge is 0.411 e. The topological polar surface area (TPSA) is 42.0 Å². The molecule has 3 aromatic carbocycles. The van der Waals surface area contributed by atoms with Crippen LogP contribution >= 0.6 is 11.6 Å². The van der Waals surface area contributed by atoms with Crippen molar-refractivity contribution in [2.75, 3.05) is 37.7 Å². The lowest BCUT2D eigenvalue weighted by Gasteiger charge is -2.29. The van der Waals surface area contributed by atoms with Crippen LogP contribution in [0.25, 0.3) is 11.1 Å². The van der Waals surface area contributed by atoms with Gasteiger partial charge in [0.25, 0.3) is 0 Å². The molecule has 0 saturated carbocycles. The van der Waals surface area contributed by atoms with E-state index in [1.807, 2.05) is 31.2 Å². The molecular weight excluding hydrogens is 436 g/mol. The molecule has 0 radical (unpaired) electrons. The van der Waals surface area contributed by atoms with Crippen LogP contribution in [0.2, 0.25) is 5.02 Å². The number of morpholine rings is 1. The minimum Gasteiger partial charge on any atom is -0.439 e. The zero-order valence-electron chi connectivity index (χ0n) is 18.6. The van der Waals surface area contributed by atoms with Crippen LogP contribution in [0.4, 0.5) is 10.5 Å². The summed E-state index contributed by atoms with van der Waals surface area (Å²) in [5.74, 6) is 0. The number of rotatable bonds is 5. The first-order valence-corrected chi connectivity index (χ1v) is 11.7. The second kappa shape index (κ2) is 9.46. The molecule has 0 aliphatic carbocycles. The number of hydrogen-bond acceptors (Lipinski definition) is 4. The first kappa shape index (κ1) is 21.8. The van der Waals surface area contributed by atoms with Gasteiger partial charge in [0.2, 0.25) is 0 Å². The second-order valence-corrected chi connectivity index (χ2v) is 8.96. The summed E-state index contributed by atoms with van der Waals surface area (Å²) in [5.41, 5.74) is 5.60. The molecule has 2 aliphatic rings. The van der Waals surface area contributed by atoms with Crippen LogP contribution in [0.5, 0.6) is 0 Å². The Bertz CT molecular complexity index is 1110. The van der Waals surface area contributed by atoms with Gasteiger partial charge in [-0.05, 0) is 53.4 Å². The lowest BCUT2D eigenvalue weighted by molar-refractivity contribution is 0.122. The number of halogens is 1. The van der Waals surface area contributed by atoms with Gasteiger partial charge in [-0.25, -0.2) is 4.79 Å². The van der Waals surface area contributed by atoms with Crippen molar-refractivity contribution in [3.63, 3.8) is 0 Å². The van der Waals surface area contributed by atoms with Crippen LogP contribution in [-0.4, -0.2) is 43.8 Å². The molecule has 2 saturated heterocycles. The highest BCUT2D eigenvalue weighted by Gasteiger charge is 2.35. The Morgan fingerprint density at radius 2 is 1.67 bits per heavy atom. The second-order valence-electron chi connectivity index (χ2n) is 8.52. The fraction of sp³-hybridized carbons (Fsp3) is 0.296. The van der Waals surface area contributed by atoms with E-state index in [-0.39, 0.29) is 18.2 Å². The lowest BCUT2D eigenvalue weighted by Crippen LogP contribution is -2.36. The predicted molar refractivity (Wildman–Crippen MR) is 131 cm³/mol. The molecule has 170 valence electrons. The Kier molecular flexibility index (Phi) is 6.25. The molecular formula is C27H27ClN2O3. The molecule has 1 unspecified atom stereocenters. The summed E-state index contributed by atoms with van der Waals surface area (Å²) in [5, 5.41) is 0.670. The van der Waals surface area contributed by atoms with Crippen LogP contribution < -0.4 is 4.90 Å². The Balaban J connectivity index is 1.29. The van der Waals surface area contributed by atoms with Crippen molar-refractivity contribution in [1.82, 2.24) is 4.90 Å². The SMILES string of the molecule is CC(c1ccc(-c2cccc(N3CCOCC3)c2)cc1)N1C[C@@H](c2ccc(Cl)cc2)OC1=O. The van der Waals surface area contributed by atoms with Crippen molar-refractivity contribution in [2.24, 2.45) is 0 Å². The fourth-order valence-electron chi connectivity index (χ4n) is 4.48. The van der Waals surface area contributed by atoms with Crippen molar-refractivity contribution in [3.05, 3.63) is 88.9 Å². The van der Waals surface area contributed by atoms with Gasteiger partial charge in [-0.15, -0.1) is 0 Å². The average molecular weight is 463 g/mol. The summed E-state index contributed by atoms with van der Waals surface area (Å²) in [6.07, 6.45) is -0.566. The maximum Gasteiger partial charge on any atom is 0.411 e. The van der Waals surface area contributed by atoms with Gasteiger partial charge >= 0.3 is 6.09 Å². The normalized spacial score (nSPS) is 19.5. The third-order valence-electron chi connectivity index (χ3n) is 6.50. The molecule has 33 heavy (non-hydrogen) atoms. The lowest BCUT2D eigenvalue weighted by atomic mass is 10.00. The highest BCUT2D eigenvalue weighted by molar-refractivity contribution is 6.30. The van der Waals surface area contributed by atoms with Crippen molar-refractivity contribution < 1.29 is 14.3 Å². The number of carbonyl (C=O) groups is 1. The van der Waals surface area contributed by atoms with Gasteiger partial charge in [-0.2, -0.15) is 0 Å². The average Bonchev–Trinajstić information content (AvgIpc) is 3.26. The maximum atomic E-state index is 12.6. The van der Waals surface area contributed by atoms with Gasteiger partial charge in [0.05, 0.1) is 25.8 Å². The zero-order valence-corrected chi connectivity index (χ0v) is 19.4. The number of cyclic esters (lactones) is 1. The number of ether oxygens (including phenoxy) is 2. The molecule has 0 aromatic heterocycles. The number of anilines is 1. The van der Waals surface area contributed by atoms with Gasteiger partial charge in [0.1, 0.15) is 6.10 Å². The van der Waals surface area contributed by atoms with Crippen molar-refractivity contribution in [2.45, 2.75) is 19.1 Å². The Morgan fingerprint density at radius 1 is 0.939 bits per heavy atom. The van der Waals surface area contributed by atoms with Crippen molar-refractivity contribution in [3.8, 4) is 11.1 Å². The first-order chi connectivity index (χ1) is 16.1. The summed E-state index contributed by atoms with van der Waals surface area (Å²) in [4.78, 5) is 16.7. The van der Waals surface area contributed by atoms with E-state index in [1.165, 1.54) is 11.3 Å². The Hall–Kier alpha value is -3.02. The first-order valence-electron chi connectivity index (χ1n) is 11.3. The molecule has 6 heteroatoms. The van der Waals surface area contributed by atoms with Gasteiger partial charge in [-0.1, -0.05) is 60.1 Å². The third kappa shape index (κ3) is 4.70. The highest BCUT2D eigenvalue weighted by Crippen LogP contribution is 2.34. The Labute approximate surface area is 199 Å². The predicted octanol–water partition coefficient (Wildman–Crippen LogP) is 6.10. The third-order valence-corrected chi connectivity index (χ3v) is 6.75. The summed E-state index contributed by atoms with van der Waals surface area (Å²) in [7, 11) is 0. The number of amides is 1. The minimum atomic E-state index is -0.287. The molecule has 2 fully saturated rings. The number of hydrogen-bond donors (Lipinski definition) is 0. The molecule has 2 atom stereocenters. The van der Waals surface area contributed by atoms with Gasteiger partial charge in [0.15, 0.2) is 0 Å². The zero-order chi connectivity index (χ0) is 22.8. The molecule has 5 rings (SSSR count). The van der Waals surface area contributed by atoms with E-state index in [0.717, 1.165) is 43.0 Å². The summed E-state index contributed by atoms with van der Waals surface area (Å²) in [6, 6.07) is 24.5. The largest absolute Gasteiger partial charge is 0.439 e. The van der Waals surface area contributed by atoms with Crippen LogP contribution in [-0.2, 0) is 9.47 Å². The summed E-state index contributed by atoms with van der Waals surface area (Å²) < 4.78 is 11.1. The molecule has 2 aliphatic heterocycles. The number of benzene rings is 3. The van der Waals surface area contributed by atoms with Gasteiger partial charge in [0, 0.05) is 23.8 Å². The van der Waals surface area contributed by atoms with E-state index < -0.39 is 0 Å².